The van der Waals surface area contributed by atoms with Gasteiger partial charge in [0.1, 0.15) is 6.04 Å². The first-order valence-corrected chi connectivity index (χ1v) is 6.68. The largest absolute Gasteiger partial charge is 0.343 e. The number of carbonyl (C=O) groups excluding carboxylic acids is 2. The quantitative estimate of drug-likeness (QED) is 0.899. The summed E-state index contributed by atoms with van der Waals surface area (Å²) in [7, 11) is 0. The zero-order chi connectivity index (χ0) is 13.8. The van der Waals surface area contributed by atoms with Crippen LogP contribution in [0.25, 0.3) is 0 Å². The zero-order valence-electron chi connectivity index (χ0n) is 11.4. The van der Waals surface area contributed by atoms with Crippen molar-refractivity contribution in [2.75, 3.05) is 6.54 Å². The lowest BCUT2D eigenvalue weighted by molar-refractivity contribution is -0.145. The van der Waals surface area contributed by atoms with E-state index in [1.165, 1.54) is 0 Å². The molecule has 104 valence electrons. The predicted molar refractivity (Wildman–Crippen MR) is 75.4 cm³/mol. The fraction of sp³-hybridized carbons (Fsp3) is 0.467. The van der Waals surface area contributed by atoms with E-state index in [1.54, 1.807) is 4.90 Å². The van der Waals surface area contributed by atoms with Gasteiger partial charge in [-0.3, -0.25) is 9.59 Å². The van der Waals surface area contributed by atoms with E-state index >= 15 is 0 Å². The van der Waals surface area contributed by atoms with Crippen molar-refractivity contribution >= 4 is 11.8 Å². The molecule has 1 saturated heterocycles. The highest BCUT2D eigenvalue weighted by molar-refractivity contribution is 5.94. The Morgan fingerprint density at radius 2 is 2.00 bits per heavy atom. The highest BCUT2D eigenvalue weighted by atomic mass is 16.2. The van der Waals surface area contributed by atoms with Crippen molar-refractivity contribution in [1.82, 2.24) is 10.2 Å². The first-order chi connectivity index (χ1) is 9.06. The second-order valence-corrected chi connectivity index (χ2v) is 5.43. The molecule has 1 heterocycles. The van der Waals surface area contributed by atoms with Gasteiger partial charge in [-0.1, -0.05) is 44.2 Å². The molecule has 4 heteroatoms. The Hall–Kier alpha value is -1.84. The molecule has 1 N–H and O–H groups in total. The van der Waals surface area contributed by atoms with Crippen LogP contribution in [0.15, 0.2) is 30.3 Å². The van der Waals surface area contributed by atoms with Crippen molar-refractivity contribution in [3.8, 4) is 0 Å². The molecule has 19 heavy (non-hydrogen) atoms. The summed E-state index contributed by atoms with van der Waals surface area (Å²) in [4.78, 5) is 25.7. The van der Waals surface area contributed by atoms with Gasteiger partial charge < -0.3 is 10.2 Å². The van der Waals surface area contributed by atoms with Crippen LogP contribution >= 0.6 is 0 Å². The van der Waals surface area contributed by atoms with Gasteiger partial charge in [-0.25, -0.2) is 0 Å². The number of amides is 2. The zero-order valence-corrected chi connectivity index (χ0v) is 11.4. The predicted octanol–water partition coefficient (Wildman–Crippen LogP) is 1.81. The standard InChI is InChI=1S/C15H20N2O2.H2/c1-11(2)8-13-15(19)17(10-14(18)16-13)9-12-6-4-3-5-7-12;/h3-7,11,13H,8-10H2,1-2H3,(H,16,18);1H/t13-;/m0./s1. The molecule has 1 aromatic rings. The van der Waals surface area contributed by atoms with Crippen LogP contribution in [-0.2, 0) is 16.1 Å². The number of rotatable bonds is 4. The third-order valence-corrected chi connectivity index (χ3v) is 3.20. The molecule has 1 atom stereocenters. The summed E-state index contributed by atoms with van der Waals surface area (Å²) in [6, 6.07) is 9.39. The topological polar surface area (TPSA) is 49.4 Å². The van der Waals surface area contributed by atoms with Crippen molar-refractivity contribution in [2.24, 2.45) is 5.92 Å². The number of hydrogen-bond donors (Lipinski definition) is 1. The van der Waals surface area contributed by atoms with Crippen LogP contribution in [0.2, 0.25) is 0 Å². The normalized spacial score (nSPS) is 19.7. The smallest absolute Gasteiger partial charge is 0.245 e. The Morgan fingerprint density at radius 3 is 2.63 bits per heavy atom. The van der Waals surface area contributed by atoms with Crippen LogP contribution in [0, 0.1) is 5.92 Å². The minimum absolute atomic E-state index is 0. The van der Waals surface area contributed by atoms with Gasteiger partial charge in [0.2, 0.25) is 11.8 Å². The second-order valence-electron chi connectivity index (χ2n) is 5.43. The minimum atomic E-state index is -0.370. The van der Waals surface area contributed by atoms with Crippen molar-refractivity contribution in [2.45, 2.75) is 32.9 Å². The van der Waals surface area contributed by atoms with E-state index in [4.69, 9.17) is 0 Å². The van der Waals surface area contributed by atoms with Crippen LogP contribution in [-0.4, -0.2) is 29.3 Å². The first-order valence-electron chi connectivity index (χ1n) is 6.68. The van der Waals surface area contributed by atoms with Crippen molar-refractivity contribution < 1.29 is 11.0 Å². The summed E-state index contributed by atoms with van der Waals surface area (Å²) in [6.45, 7) is 4.76. The van der Waals surface area contributed by atoms with Gasteiger partial charge >= 0.3 is 0 Å². The van der Waals surface area contributed by atoms with Gasteiger partial charge in [-0.05, 0) is 17.9 Å². The molecule has 0 bridgehead atoms. The van der Waals surface area contributed by atoms with E-state index in [0.29, 0.717) is 18.9 Å². The van der Waals surface area contributed by atoms with Gasteiger partial charge in [0.05, 0.1) is 6.54 Å². The third kappa shape index (κ3) is 3.56. The van der Waals surface area contributed by atoms with Gasteiger partial charge in [-0.15, -0.1) is 0 Å². The molecule has 1 fully saturated rings. The molecule has 0 aromatic heterocycles. The van der Waals surface area contributed by atoms with Gasteiger partial charge in [-0.2, -0.15) is 0 Å². The maximum Gasteiger partial charge on any atom is 0.245 e. The first kappa shape index (κ1) is 13.6. The number of nitrogens with one attached hydrogen (secondary N) is 1. The van der Waals surface area contributed by atoms with E-state index in [9.17, 15) is 9.59 Å². The monoisotopic (exact) mass is 262 g/mol. The molecule has 2 rings (SSSR count). The fourth-order valence-electron chi connectivity index (χ4n) is 2.34. The van der Waals surface area contributed by atoms with Crippen molar-refractivity contribution in [3.05, 3.63) is 35.9 Å². The molecular weight excluding hydrogens is 240 g/mol. The fourth-order valence-corrected chi connectivity index (χ4v) is 2.34. The van der Waals surface area contributed by atoms with Crippen LogP contribution < -0.4 is 5.32 Å². The van der Waals surface area contributed by atoms with E-state index in [2.05, 4.69) is 19.2 Å². The number of nitrogens with zero attached hydrogens (tertiary/aromatic N) is 1. The lowest BCUT2D eigenvalue weighted by atomic mass is 10.0. The molecule has 1 aromatic carbocycles. The Kier molecular flexibility index (Phi) is 4.20. The molecule has 0 saturated carbocycles. The van der Waals surface area contributed by atoms with Crippen molar-refractivity contribution in [3.63, 3.8) is 0 Å². The minimum Gasteiger partial charge on any atom is -0.343 e. The lowest BCUT2D eigenvalue weighted by Gasteiger charge is -2.33. The number of hydrogen-bond acceptors (Lipinski definition) is 2. The highest BCUT2D eigenvalue weighted by Gasteiger charge is 2.32. The van der Waals surface area contributed by atoms with E-state index in [0.717, 1.165) is 5.56 Å². The summed E-state index contributed by atoms with van der Waals surface area (Å²) in [5, 5.41) is 2.78. The summed E-state index contributed by atoms with van der Waals surface area (Å²) >= 11 is 0. The van der Waals surface area contributed by atoms with E-state index in [1.807, 2.05) is 30.3 Å². The number of piperazine rings is 1. The average Bonchev–Trinajstić information content (AvgIpc) is 2.35. The SMILES string of the molecule is CC(C)C[C@@H]1NC(=O)CN(Cc2ccccc2)C1=O.[HH]. The van der Waals surface area contributed by atoms with E-state index in [-0.39, 0.29) is 25.8 Å². The molecule has 0 spiro atoms. The van der Waals surface area contributed by atoms with Gasteiger partial charge in [0.15, 0.2) is 0 Å². The maximum absolute atomic E-state index is 12.3. The summed E-state index contributed by atoms with van der Waals surface area (Å²) in [5.74, 6) is 0.337. The highest BCUT2D eigenvalue weighted by Crippen LogP contribution is 2.14. The molecule has 2 amide bonds. The van der Waals surface area contributed by atoms with Crippen molar-refractivity contribution in [1.29, 1.82) is 0 Å². The lowest BCUT2D eigenvalue weighted by Crippen LogP contribution is -2.57. The van der Waals surface area contributed by atoms with Gasteiger partial charge in [0, 0.05) is 7.97 Å². The third-order valence-electron chi connectivity index (χ3n) is 3.20. The average molecular weight is 262 g/mol. The van der Waals surface area contributed by atoms with Gasteiger partial charge in [0.25, 0.3) is 0 Å². The second kappa shape index (κ2) is 5.87. The summed E-state index contributed by atoms with van der Waals surface area (Å²) < 4.78 is 0. The van der Waals surface area contributed by atoms with E-state index < -0.39 is 0 Å². The molecular formula is C15H22N2O2. The van der Waals surface area contributed by atoms with Crippen LogP contribution in [0.3, 0.4) is 0 Å². The molecule has 4 nitrogen and oxygen atoms in total. The molecule has 0 aliphatic carbocycles. The Morgan fingerprint density at radius 1 is 1.32 bits per heavy atom. The van der Waals surface area contributed by atoms with Crippen LogP contribution in [0.5, 0.6) is 0 Å². The Labute approximate surface area is 115 Å². The number of carbonyl (C=O) groups is 2. The van der Waals surface area contributed by atoms with Crippen LogP contribution in [0.1, 0.15) is 27.3 Å². The Balaban J connectivity index is 0.00000200. The molecule has 1 aliphatic heterocycles. The number of benzene rings is 1. The molecule has 0 radical (unpaired) electrons. The summed E-state index contributed by atoms with van der Waals surface area (Å²) in [5.41, 5.74) is 1.05. The molecule has 1 aliphatic rings. The maximum atomic E-state index is 12.3. The Bertz CT molecular complexity index is 462. The summed E-state index contributed by atoms with van der Waals surface area (Å²) in [6.07, 6.45) is 0.690. The molecule has 0 unspecified atom stereocenters. The van der Waals surface area contributed by atoms with Crippen LogP contribution in [0.4, 0.5) is 0 Å².